The fourth-order valence-corrected chi connectivity index (χ4v) is 2.52. The molecule has 0 amide bonds. The van der Waals surface area contributed by atoms with Crippen LogP contribution in [0.25, 0.3) is 0 Å². The average Bonchev–Trinajstić information content (AvgIpc) is 2.79. The van der Waals surface area contributed by atoms with Crippen molar-refractivity contribution in [3.63, 3.8) is 0 Å². The largest absolute Gasteiger partial charge is 0.357 e. The van der Waals surface area contributed by atoms with Gasteiger partial charge in [0.1, 0.15) is 9.84 Å². The molecule has 0 spiro atoms. The van der Waals surface area contributed by atoms with Gasteiger partial charge in [-0.2, -0.15) is 5.10 Å². The summed E-state index contributed by atoms with van der Waals surface area (Å²) < 4.78 is 24.1. The number of hydrogen-bond donors (Lipinski definition) is 2. The lowest BCUT2D eigenvalue weighted by Gasteiger charge is -2.17. The van der Waals surface area contributed by atoms with Gasteiger partial charge in [-0.15, -0.1) is 24.0 Å². The van der Waals surface area contributed by atoms with Gasteiger partial charge >= 0.3 is 0 Å². The SMILES string of the molecule is CCNC(=NCc1cnn(C)c1)NC(C)CCS(C)(=O)=O.I. The van der Waals surface area contributed by atoms with Gasteiger partial charge < -0.3 is 10.6 Å². The summed E-state index contributed by atoms with van der Waals surface area (Å²) in [5, 5.41) is 10.5. The summed E-state index contributed by atoms with van der Waals surface area (Å²) in [6, 6.07) is 0.0337. The fraction of sp³-hybridized carbons (Fsp3) is 0.692. The molecule has 128 valence electrons. The summed E-state index contributed by atoms with van der Waals surface area (Å²) >= 11 is 0. The first-order valence-electron chi connectivity index (χ1n) is 7.00. The Morgan fingerprint density at radius 2 is 2.18 bits per heavy atom. The Bertz CT molecular complexity index is 571. The van der Waals surface area contributed by atoms with E-state index in [-0.39, 0.29) is 35.8 Å². The third kappa shape index (κ3) is 9.23. The Labute approximate surface area is 149 Å². The highest BCUT2D eigenvalue weighted by Gasteiger charge is 2.09. The van der Waals surface area contributed by atoms with Crippen LogP contribution in [0.5, 0.6) is 0 Å². The van der Waals surface area contributed by atoms with Crippen LogP contribution in [0, 0.1) is 0 Å². The second-order valence-corrected chi connectivity index (χ2v) is 7.44. The van der Waals surface area contributed by atoms with E-state index in [0.717, 1.165) is 12.1 Å². The fourth-order valence-electron chi connectivity index (χ4n) is 1.74. The Hall–Kier alpha value is -0.840. The molecule has 22 heavy (non-hydrogen) atoms. The molecular weight excluding hydrogens is 417 g/mol. The molecule has 0 radical (unpaired) electrons. The van der Waals surface area contributed by atoms with Crippen molar-refractivity contribution in [2.24, 2.45) is 12.0 Å². The van der Waals surface area contributed by atoms with Crippen LogP contribution in [0.15, 0.2) is 17.4 Å². The predicted molar refractivity (Wildman–Crippen MR) is 100 cm³/mol. The minimum Gasteiger partial charge on any atom is -0.357 e. The van der Waals surface area contributed by atoms with Crippen LogP contribution in [0.1, 0.15) is 25.8 Å². The average molecular weight is 443 g/mol. The van der Waals surface area contributed by atoms with Gasteiger partial charge in [0.15, 0.2) is 5.96 Å². The van der Waals surface area contributed by atoms with Crippen molar-refractivity contribution in [1.82, 2.24) is 20.4 Å². The number of aliphatic imine (C=N–C) groups is 1. The van der Waals surface area contributed by atoms with Crippen LogP contribution in [0.3, 0.4) is 0 Å². The number of rotatable bonds is 7. The zero-order valence-electron chi connectivity index (χ0n) is 13.5. The minimum absolute atomic E-state index is 0. The van der Waals surface area contributed by atoms with Gasteiger partial charge in [0, 0.05) is 37.7 Å². The third-order valence-electron chi connectivity index (χ3n) is 2.83. The predicted octanol–water partition coefficient (Wildman–Crippen LogP) is 0.916. The molecule has 0 aliphatic carbocycles. The molecule has 0 aliphatic rings. The van der Waals surface area contributed by atoms with Gasteiger partial charge in [-0.1, -0.05) is 0 Å². The maximum Gasteiger partial charge on any atom is 0.191 e. The molecule has 9 heteroatoms. The van der Waals surface area contributed by atoms with Crippen molar-refractivity contribution in [3.05, 3.63) is 18.0 Å². The van der Waals surface area contributed by atoms with Gasteiger partial charge in [-0.05, 0) is 20.3 Å². The van der Waals surface area contributed by atoms with Crippen molar-refractivity contribution >= 4 is 39.8 Å². The van der Waals surface area contributed by atoms with Crippen LogP contribution in [0.2, 0.25) is 0 Å². The lowest BCUT2D eigenvalue weighted by Crippen LogP contribution is -2.42. The molecule has 0 fully saturated rings. The van der Waals surface area contributed by atoms with Crippen molar-refractivity contribution in [2.75, 3.05) is 18.6 Å². The van der Waals surface area contributed by atoms with E-state index in [4.69, 9.17) is 0 Å². The number of aryl methyl sites for hydroxylation is 1. The molecule has 1 rings (SSSR count). The highest BCUT2D eigenvalue weighted by Crippen LogP contribution is 1.99. The number of nitrogens with zero attached hydrogens (tertiary/aromatic N) is 3. The van der Waals surface area contributed by atoms with E-state index in [2.05, 4.69) is 20.7 Å². The van der Waals surface area contributed by atoms with Crippen LogP contribution >= 0.6 is 24.0 Å². The maximum absolute atomic E-state index is 11.2. The third-order valence-corrected chi connectivity index (χ3v) is 3.80. The smallest absolute Gasteiger partial charge is 0.191 e. The molecule has 1 heterocycles. The van der Waals surface area contributed by atoms with Crippen LogP contribution in [-0.4, -0.2) is 48.8 Å². The zero-order valence-corrected chi connectivity index (χ0v) is 16.7. The van der Waals surface area contributed by atoms with Crippen LogP contribution < -0.4 is 10.6 Å². The lowest BCUT2D eigenvalue weighted by atomic mass is 10.3. The van der Waals surface area contributed by atoms with E-state index in [0.29, 0.717) is 18.9 Å². The summed E-state index contributed by atoms with van der Waals surface area (Å²) in [5.41, 5.74) is 1.03. The number of hydrogen-bond acceptors (Lipinski definition) is 4. The molecule has 1 atom stereocenters. The molecule has 0 bridgehead atoms. The molecule has 1 aromatic heterocycles. The van der Waals surface area contributed by atoms with Gasteiger partial charge in [-0.25, -0.2) is 13.4 Å². The van der Waals surface area contributed by atoms with Gasteiger partial charge in [-0.3, -0.25) is 4.68 Å². The second-order valence-electron chi connectivity index (χ2n) is 5.18. The highest BCUT2D eigenvalue weighted by atomic mass is 127. The standard InChI is InChI=1S/C13H25N5O2S.HI/c1-5-14-13(15-8-12-9-16-18(3)10-12)17-11(2)6-7-21(4,19)20;/h9-11H,5-8H2,1-4H3,(H2,14,15,17);1H. The first kappa shape index (κ1) is 21.2. The van der Waals surface area contributed by atoms with Gasteiger partial charge in [0.25, 0.3) is 0 Å². The normalized spacial score (nSPS) is 13.4. The van der Waals surface area contributed by atoms with Crippen molar-refractivity contribution in [2.45, 2.75) is 32.9 Å². The topological polar surface area (TPSA) is 88.4 Å². The minimum atomic E-state index is -2.93. The highest BCUT2D eigenvalue weighted by molar-refractivity contribution is 14.0. The van der Waals surface area contributed by atoms with Crippen molar-refractivity contribution < 1.29 is 8.42 Å². The Morgan fingerprint density at radius 1 is 1.50 bits per heavy atom. The van der Waals surface area contributed by atoms with Crippen LogP contribution in [-0.2, 0) is 23.4 Å². The first-order valence-corrected chi connectivity index (χ1v) is 9.06. The summed E-state index contributed by atoms with van der Waals surface area (Å²) in [6.07, 6.45) is 5.50. The van der Waals surface area contributed by atoms with E-state index in [9.17, 15) is 8.42 Å². The van der Waals surface area contributed by atoms with Crippen molar-refractivity contribution in [1.29, 1.82) is 0 Å². The number of halogens is 1. The van der Waals surface area contributed by atoms with E-state index >= 15 is 0 Å². The van der Waals surface area contributed by atoms with E-state index < -0.39 is 9.84 Å². The number of aromatic nitrogens is 2. The summed E-state index contributed by atoms with van der Waals surface area (Å²) in [6.45, 7) is 5.21. The molecule has 7 nitrogen and oxygen atoms in total. The molecule has 0 aromatic carbocycles. The number of guanidine groups is 1. The van der Waals surface area contributed by atoms with Gasteiger partial charge in [0.05, 0.1) is 18.5 Å². The number of nitrogens with one attached hydrogen (secondary N) is 2. The molecular formula is C13H26IN5O2S. The molecule has 0 aliphatic heterocycles. The maximum atomic E-state index is 11.2. The van der Waals surface area contributed by atoms with E-state index in [1.165, 1.54) is 6.26 Å². The Kier molecular flexibility index (Phi) is 9.65. The first-order chi connectivity index (χ1) is 9.80. The Morgan fingerprint density at radius 3 is 2.68 bits per heavy atom. The van der Waals surface area contributed by atoms with Gasteiger partial charge in [0.2, 0.25) is 0 Å². The Balaban J connectivity index is 0.00000441. The molecule has 0 saturated heterocycles. The summed E-state index contributed by atoms with van der Waals surface area (Å²) in [4.78, 5) is 4.47. The second kappa shape index (κ2) is 10.0. The quantitative estimate of drug-likeness (QED) is 0.372. The molecule has 1 unspecified atom stereocenters. The lowest BCUT2D eigenvalue weighted by molar-refractivity contribution is 0.581. The van der Waals surface area contributed by atoms with E-state index in [1.807, 2.05) is 27.1 Å². The zero-order chi connectivity index (χ0) is 15.9. The molecule has 1 aromatic rings. The summed E-state index contributed by atoms with van der Waals surface area (Å²) in [7, 11) is -1.07. The van der Waals surface area contributed by atoms with Crippen LogP contribution in [0.4, 0.5) is 0 Å². The molecule has 0 saturated carbocycles. The van der Waals surface area contributed by atoms with Crippen molar-refractivity contribution in [3.8, 4) is 0 Å². The number of sulfone groups is 1. The monoisotopic (exact) mass is 443 g/mol. The van der Waals surface area contributed by atoms with E-state index in [1.54, 1.807) is 10.9 Å². The summed E-state index contributed by atoms with van der Waals surface area (Å²) in [5.74, 6) is 0.853. The molecule has 2 N–H and O–H groups in total.